The molecule has 1 fully saturated rings. The van der Waals surface area contributed by atoms with Gasteiger partial charge in [-0.15, -0.1) is 0 Å². The average molecular weight is 327 g/mol. The summed E-state index contributed by atoms with van der Waals surface area (Å²) in [6.07, 6.45) is 6.51. The fraction of sp³-hybridized carbons (Fsp3) is 0.533. The van der Waals surface area contributed by atoms with Crippen molar-refractivity contribution in [2.24, 2.45) is 5.92 Å². The lowest BCUT2D eigenvalue weighted by molar-refractivity contribution is 0.0600. The summed E-state index contributed by atoms with van der Waals surface area (Å²) in [6, 6.07) is 5.29. The van der Waals surface area contributed by atoms with Gasteiger partial charge in [0.15, 0.2) is 0 Å². The Kier molecular flexibility index (Phi) is 5.25. The van der Waals surface area contributed by atoms with Crippen molar-refractivity contribution >= 4 is 21.9 Å². The topological polar surface area (TPSA) is 35.5 Å². The maximum absolute atomic E-state index is 11.4. The van der Waals surface area contributed by atoms with Crippen LogP contribution in [0.1, 0.15) is 42.5 Å². The molecule has 1 saturated carbocycles. The zero-order valence-electron chi connectivity index (χ0n) is 11.2. The summed E-state index contributed by atoms with van der Waals surface area (Å²) in [5.74, 6) is 1.12. The molecular weight excluding hydrogens is 308 g/mol. The minimum atomic E-state index is -0.334. The summed E-state index contributed by atoms with van der Waals surface area (Å²) in [7, 11) is 1.38. The van der Waals surface area contributed by atoms with Crippen LogP contribution in [0.15, 0.2) is 22.7 Å². The lowest BCUT2D eigenvalue weighted by Gasteiger charge is -2.22. The summed E-state index contributed by atoms with van der Waals surface area (Å²) in [5, 5.41) is 0. The number of rotatable bonds is 4. The van der Waals surface area contributed by atoms with Crippen molar-refractivity contribution in [3.63, 3.8) is 0 Å². The maximum atomic E-state index is 11.4. The van der Waals surface area contributed by atoms with Crippen LogP contribution in [-0.4, -0.2) is 19.7 Å². The molecule has 19 heavy (non-hydrogen) atoms. The van der Waals surface area contributed by atoms with Crippen molar-refractivity contribution in [1.82, 2.24) is 0 Å². The van der Waals surface area contributed by atoms with E-state index in [4.69, 9.17) is 4.74 Å². The van der Waals surface area contributed by atoms with Gasteiger partial charge in [0.25, 0.3) is 0 Å². The SMILES string of the molecule is COC(=O)c1ccc(OCC2CCCCC2)c(Br)c1. The maximum Gasteiger partial charge on any atom is 0.337 e. The Hall–Kier alpha value is -1.03. The summed E-state index contributed by atoms with van der Waals surface area (Å²) in [6.45, 7) is 0.760. The quantitative estimate of drug-likeness (QED) is 0.778. The standard InChI is InChI=1S/C15H19BrO3/c1-18-15(17)12-7-8-14(13(16)9-12)19-10-11-5-3-2-4-6-11/h7-9,11H,2-6,10H2,1H3. The molecule has 0 spiro atoms. The molecule has 1 aliphatic rings. The third kappa shape index (κ3) is 3.96. The number of hydrogen-bond acceptors (Lipinski definition) is 3. The molecule has 0 unspecified atom stereocenters. The second kappa shape index (κ2) is 6.94. The first-order valence-corrected chi connectivity index (χ1v) is 7.50. The first-order valence-electron chi connectivity index (χ1n) is 6.71. The van der Waals surface area contributed by atoms with Crippen LogP contribution < -0.4 is 4.74 Å². The van der Waals surface area contributed by atoms with Crippen molar-refractivity contribution in [1.29, 1.82) is 0 Å². The van der Waals surface area contributed by atoms with E-state index in [2.05, 4.69) is 20.7 Å². The van der Waals surface area contributed by atoms with Gasteiger partial charge in [-0.25, -0.2) is 4.79 Å². The molecule has 0 amide bonds. The van der Waals surface area contributed by atoms with Gasteiger partial charge in [0.05, 0.1) is 23.8 Å². The third-order valence-electron chi connectivity index (χ3n) is 3.55. The Morgan fingerprint density at radius 3 is 2.68 bits per heavy atom. The van der Waals surface area contributed by atoms with E-state index in [-0.39, 0.29) is 5.97 Å². The van der Waals surface area contributed by atoms with Gasteiger partial charge in [0.2, 0.25) is 0 Å². The normalized spacial score (nSPS) is 16.1. The third-order valence-corrected chi connectivity index (χ3v) is 4.17. The Morgan fingerprint density at radius 2 is 2.05 bits per heavy atom. The summed E-state index contributed by atoms with van der Waals surface area (Å²) >= 11 is 3.44. The van der Waals surface area contributed by atoms with Crippen LogP contribution in [0, 0.1) is 5.92 Å². The van der Waals surface area contributed by atoms with Gasteiger partial charge in [-0.2, -0.15) is 0 Å². The van der Waals surface area contributed by atoms with Gasteiger partial charge in [0, 0.05) is 0 Å². The van der Waals surface area contributed by atoms with Crippen LogP contribution in [0.5, 0.6) is 5.75 Å². The van der Waals surface area contributed by atoms with E-state index in [0.717, 1.165) is 16.8 Å². The van der Waals surface area contributed by atoms with E-state index in [9.17, 15) is 4.79 Å². The molecule has 104 valence electrons. The summed E-state index contributed by atoms with van der Waals surface area (Å²) < 4.78 is 11.3. The van der Waals surface area contributed by atoms with Gasteiger partial charge >= 0.3 is 5.97 Å². The average Bonchev–Trinajstić information content (AvgIpc) is 2.46. The van der Waals surface area contributed by atoms with Crippen LogP contribution in [0.3, 0.4) is 0 Å². The molecule has 0 heterocycles. The van der Waals surface area contributed by atoms with Crippen LogP contribution in [-0.2, 0) is 4.74 Å². The van der Waals surface area contributed by atoms with Gasteiger partial charge in [-0.3, -0.25) is 0 Å². The number of carbonyl (C=O) groups is 1. The van der Waals surface area contributed by atoms with Crippen molar-refractivity contribution in [3.8, 4) is 5.75 Å². The first kappa shape index (κ1) is 14.4. The fourth-order valence-electron chi connectivity index (χ4n) is 2.42. The zero-order chi connectivity index (χ0) is 13.7. The predicted octanol–water partition coefficient (Wildman–Crippen LogP) is 4.19. The molecule has 2 rings (SSSR count). The minimum absolute atomic E-state index is 0.334. The Balaban J connectivity index is 1.95. The van der Waals surface area contributed by atoms with Crippen LogP contribution in [0.4, 0.5) is 0 Å². The highest BCUT2D eigenvalue weighted by Gasteiger charge is 2.15. The van der Waals surface area contributed by atoms with Crippen LogP contribution in [0.25, 0.3) is 0 Å². The molecule has 0 saturated heterocycles. The summed E-state index contributed by atoms with van der Waals surface area (Å²) in [4.78, 5) is 11.4. The van der Waals surface area contributed by atoms with Crippen LogP contribution >= 0.6 is 15.9 Å². The van der Waals surface area contributed by atoms with Gasteiger partial charge in [0.1, 0.15) is 5.75 Å². The van der Waals surface area contributed by atoms with Gasteiger partial charge < -0.3 is 9.47 Å². The molecule has 4 heteroatoms. The highest BCUT2D eigenvalue weighted by atomic mass is 79.9. The number of carbonyl (C=O) groups excluding carboxylic acids is 1. The monoisotopic (exact) mass is 326 g/mol. The van der Waals surface area contributed by atoms with Gasteiger partial charge in [-0.1, -0.05) is 19.3 Å². The molecule has 0 aromatic heterocycles. The summed E-state index contributed by atoms with van der Waals surface area (Å²) in [5.41, 5.74) is 0.527. The van der Waals surface area contributed by atoms with Crippen molar-refractivity contribution in [3.05, 3.63) is 28.2 Å². The number of hydrogen-bond donors (Lipinski definition) is 0. The molecule has 0 bridgehead atoms. The van der Waals surface area contributed by atoms with Crippen LogP contribution in [0.2, 0.25) is 0 Å². The number of halogens is 1. The predicted molar refractivity (Wildman–Crippen MR) is 77.6 cm³/mol. The lowest BCUT2D eigenvalue weighted by Crippen LogP contribution is -2.15. The van der Waals surface area contributed by atoms with E-state index < -0.39 is 0 Å². The number of benzene rings is 1. The van der Waals surface area contributed by atoms with E-state index in [1.165, 1.54) is 39.2 Å². The second-order valence-electron chi connectivity index (χ2n) is 4.95. The number of methoxy groups -OCH3 is 1. The molecule has 0 aliphatic heterocycles. The van der Waals surface area contributed by atoms with Crippen molar-refractivity contribution in [2.75, 3.05) is 13.7 Å². The second-order valence-corrected chi connectivity index (χ2v) is 5.81. The smallest absolute Gasteiger partial charge is 0.337 e. The molecule has 1 aromatic rings. The fourth-order valence-corrected chi connectivity index (χ4v) is 2.92. The number of esters is 1. The largest absolute Gasteiger partial charge is 0.492 e. The van der Waals surface area contributed by atoms with Gasteiger partial charge in [-0.05, 0) is 52.9 Å². The lowest BCUT2D eigenvalue weighted by atomic mass is 9.90. The molecule has 1 aromatic carbocycles. The van der Waals surface area contributed by atoms with E-state index >= 15 is 0 Å². The van der Waals surface area contributed by atoms with E-state index in [0.29, 0.717) is 11.5 Å². The Labute approximate surface area is 122 Å². The minimum Gasteiger partial charge on any atom is -0.492 e. The molecule has 0 radical (unpaired) electrons. The van der Waals surface area contributed by atoms with Crippen molar-refractivity contribution < 1.29 is 14.3 Å². The molecular formula is C15H19BrO3. The number of ether oxygens (including phenoxy) is 2. The van der Waals surface area contributed by atoms with Crippen molar-refractivity contribution in [2.45, 2.75) is 32.1 Å². The highest BCUT2D eigenvalue weighted by molar-refractivity contribution is 9.10. The molecule has 3 nitrogen and oxygen atoms in total. The molecule has 1 aliphatic carbocycles. The first-order chi connectivity index (χ1) is 9.20. The van der Waals surface area contributed by atoms with E-state index in [1.807, 2.05) is 6.07 Å². The Bertz CT molecular complexity index is 439. The molecule has 0 atom stereocenters. The highest BCUT2D eigenvalue weighted by Crippen LogP contribution is 2.29. The molecule has 0 N–H and O–H groups in total. The Morgan fingerprint density at radius 1 is 1.32 bits per heavy atom. The van der Waals surface area contributed by atoms with E-state index in [1.54, 1.807) is 12.1 Å². The zero-order valence-corrected chi connectivity index (χ0v) is 12.7.